The van der Waals surface area contributed by atoms with Gasteiger partial charge in [-0.3, -0.25) is 14.5 Å². The van der Waals surface area contributed by atoms with Crippen molar-refractivity contribution in [1.29, 1.82) is 0 Å². The van der Waals surface area contributed by atoms with E-state index in [9.17, 15) is 14.7 Å². The SMILES string of the molecule is CC(c1ccc(Cl)cc1)N(C)C(=O)CN1C(C(=O)O)CC2CCCCC21. The molecule has 1 aromatic rings. The molecule has 2 aliphatic rings. The molecule has 1 aromatic carbocycles. The zero-order valence-electron chi connectivity index (χ0n) is 15.4. The van der Waals surface area contributed by atoms with Crippen molar-refractivity contribution < 1.29 is 14.7 Å². The molecule has 26 heavy (non-hydrogen) atoms. The Bertz CT molecular complexity index is 664. The lowest BCUT2D eigenvalue weighted by Crippen LogP contribution is -2.48. The average molecular weight is 379 g/mol. The van der Waals surface area contributed by atoms with Crippen LogP contribution in [0.15, 0.2) is 24.3 Å². The number of likely N-dealkylation sites (N-methyl/N-ethyl adjacent to an activating group) is 1. The first kappa shape index (κ1) is 19.2. The number of rotatable bonds is 5. The Morgan fingerprint density at radius 2 is 1.92 bits per heavy atom. The molecular weight excluding hydrogens is 352 g/mol. The van der Waals surface area contributed by atoms with Gasteiger partial charge in [0, 0.05) is 18.1 Å². The lowest BCUT2D eigenvalue weighted by Gasteiger charge is -2.34. The molecule has 1 N–H and O–H groups in total. The van der Waals surface area contributed by atoms with Crippen LogP contribution in [0.2, 0.25) is 5.02 Å². The minimum absolute atomic E-state index is 0.0371. The van der Waals surface area contributed by atoms with Gasteiger partial charge in [-0.2, -0.15) is 0 Å². The minimum atomic E-state index is -0.805. The molecule has 1 heterocycles. The minimum Gasteiger partial charge on any atom is -0.480 e. The van der Waals surface area contributed by atoms with Crippen molar-refractivity contribution in [3.8, 4) is 0 Å². The van der Waals surface area contributed by atoms with Crippen LogP contribution >= 0.6 is 11.6 Å². The van der Waals surface area contributed by atoms with Gasteiger partial charge in [0.1, 0.15) is 6.04 Å². The fraction of sp³-hybridized carbons (Fsp3) is 0.600. The number of benzene rings is 1. The maximum atomic E-state index is 12.9. The summed E-state index contributed by atoms with van der Waals surface area (Å²) in [5.41, 5.74) is 1.01. The number of hydrogen-bond acceptors (Lipinski definition) is 3. The van der Waals surface area contributed by atoms with Crippen molar-refractivity contribution in [3.63, 3.8) is 0 Å². The number of carboxylic acids is 1. The monoisotopic (exact) mass is 378 g/mol. The zero-order chi connectivity index (χ0) is 18.8. The largest absolute Gasteiger partial charge is 0.480 e. The van der Waals surface area contributed by atoms with Crippen LogP contribution in [0.1, 0.15) is 50.6 Å². The highest BCUT2D eigenvalue weighted by Crippen LogP contribution is 2.39. The Labute approximate surface area is 159 Å². The predicted octanol–water partition coefficient (Wildman–Crippen LogP) is 3.58. The third-order valence-electron chi connectivity index (χ3n) is 6.15. The van der Waals surface area contributed by atoms with Crippen LogP contribution in [0.25, 0.3) is 0 Å². The first-order valence-electron chi connectivity index (χ1n) is 9.38. The molecule has 1 aliphatic carbocycles. The summed E-state index contributed by atoms with van der Waals surface area (Å²) < 4.78 is 0. The Morgan fingerprint density at radius 3 is 2.58 bits per heavy atom. The number of aliphatic carboxylic acids is 1. The maximum absolute atomic E-state index is 12.9. The molecule has 4 unspecified atom stereocenters. The number of amides is 1. The molecule has 4 atom stereocenters. The first-order valence-corrected chi connectivity index (χ1v) is 9.76. The van der Waals surface area contributed by atoms with E-state index in [-0.39, 0.29) is 24.5 Å². The van der Waals surface area contributed by atoms with Crippen molar-refractivity contribution in [2.75, 3.05) is 13.6 Å². The van der Waals surface area contributed by atoms with Gasteiger partial charge in [0.05, 0.1) is 12.6 Å². The predicted molar refractivity (Wildman–Crippen MR) is 101 cm³/mol. The van der Waals surface area contributed by atoms with Crippen molar-refractivity contribution in [1.82, 2.24) is 9.80 Å². The fourth-order valence-electron chi connectivity index (χ4n) is 4.47. The molecule has 0 radical (unpaired) electrons. The van der Waals surface area contributed by atoms with Gasteiger partial charge in [-0.05, 0) is 49.8 Å². The van der Waals surface area contributed by atoms with E-state index in [1.54, 1.807) is 11.9 Å². The van der Waals surface area contributed by atoms with Crippen molar-refractivity contribution in [2.45, 2.75) is 57.2 Å². The molecule has 5 nitrogen and oxygen atoms in total. The molecule has 1 saturated heterocycles. The molecule has 0 bridgehead atoms. The topological polar surface area (TPSA) is 60.9 Å². The molecule has 3 rings (SSSR count). The van der Waals surface area contributed by atoms with Gasteiger partial charge in [0.15, 0.2) is 0 Å². The molecule has 0 aromatic heterocycles. The second kappa shape index (κ2) is 7.97. The van der Waals surface area contributed by atoms with Gasteiger partial charge < -0.3 is 10.0 Å². The molecule has 0 spiro atoms. The number of likely N-dealkylation sites (tertiary alicyclic amines) is 1. The summed E-state index contributed by atoms with van der Waals surface area (Å²) in [7, 11) is 1.78. The lowest BCUT2D eigenvalue weighted by atomic mass is 9.85. The van der Waals surface area contributed by atoms with Gasteiger partial charge >= 0.3 is 5.97 Å². The average Bonchev–Trinajstić information content (AvgIpc) is 3.00. The van der Waals surface area contributed by atoms with Gasteiger partial charge in [-0.25, -0.2) is 0 Å². The smallest absolute Gasteiger partial charge is 0.320 e. The van der Waals surface area contributed by atoms with Crippen molar-refractivity contribution in [2.24, 2.45) is 5.92 Å². The fourth-order valence-corrected chi connectivity index (χ4v) is 4.60. The van der Waals surface area contributed by atoms with E-state index in [2.05, 4.69) is 0 Å². The van der Waals surface area contributed by atoms with Gasteiger partial charge in [-0.1, -0.05) is 36.6 Å². The van der Waals surface area contributed by atoms with E-state index in [1.807, 2.05) is 36.1 Å². The Kier molecular flexibility index (Phi) is 5.88. The summed E-state index contributed by atoms with van der Waals surface area (Å²) in [5, 5.41) is 10.3. The highest BCUT2D eigenvalue weighted by molar-refractivity contribution is 6.30. The van der Waals surface area contributed by atoms with Crippen LogP contribution < -0.4 is 0 Å². The number of halogens is 1. The van der Waals surface area contributed by atoms with Crippen molar-refractivity contribution in [3.05, 3.63) is 34.9 Å². The summed E-state index contributed by atoms with van der Waals surface area (Å²) in [6.07, 6.45) is 5.04. The van der Waals surface area contributed by atoms with Gasteiger partial charge in [-0.15, -0.1) is 0 Å². The van der Waals surface area contributed by atoms with Crippen LogP contribution in [0.3, 0.4) is 0 Å². The molecule has 142 valence electrons. The Morgan fingerprint density at radius 1 is 1.27 bits per heavy atom. The lowest BCUT2D eigenvalue weighted by molar-refractivity contribution is -0.144. The molecule has 2 fully saturated rings. The van der Waals surface area contributed by atoms with Crippen molar-refractivity contribution >= 4 is 23.5 Å². The van der Waals surface area contributed by atoms with Crippen LogP contribution in [0.4, 0.5) is 0 Å². The highest BCUT2D eigenvalue weighted by atomic mass is 35.5. The second-order valence-electron chi connectivity index (χ2n) is 7.61. The number of carbonyl (C=O) groups is 2. The van der Waals surface area contributed by atoms with E-state index in [1.165, 1.54) is 6.42 Å². The Balaban J connectivity index is 1.70. The van der Waals surface area contributed by atoms with E-state index in [0.29, 0.717) is 17.4 Å². The third-order valence-corrected chi connectivity index (χ3v) is 6.40. The normalized spacial score (nSPS) is 27.0. The van der Waals surface area contributed by atoms with E-state index in [0.717, 1.165) is 24.8 Å². The molecule has 6 heteroatoms. The summed E-state index contributed by atoms with van der Waals surface area (Å²) in [5.74, 6) is -0.429. The quantitative estimate of drug-likeness (QED) is 0.850. The van der Waals surface area contributed by atoms with Crippen LogP contribution in [0, 0.1) is 5.92 Å². The third kappa shape index (κ3) is 3.89. The maximum Gasteiger partial charge on any atom is 0.320 e. The molecule has 1 aliphatic heterocycles. The molecular formula is C20H27ClN2O3. The molecule has 1 amide bonds. The van der Waals surface area contributed by atoms with Crippen LogP contribution in [-0.4, -0.2) is 52.5 Å². The number of carboxylic acid groups (broad SMARTS) is 1. The van der Waals surface area contributed by atoms with Gasteiger partial charge in [0.25, 0.3) is 0 Å². The van der Waals surface area contributed by atoms with E-state index in [4.69, 9.17) is 11.6 Å². The van der Waals surface area contributed by atoms with E-state index < -0.39 is 12.0 Å². The number of carbonyl (C=O) groups excluding carboxylic acids is 1. The van der Waals surface area contributed by atoms with E-state index >= 15 is 0 Å². The molecule has 1 saturated carbocycles. The highest BCUT2D eigenvalue weighted by Gasteiger charge is 2.46. The Hall–Kier alpha value is -1.59. The summed E-state index contributed by atoms with van der Waals surface area (Å²) >= 11 is 5.94. The first-order chi connectivity index (χ1) is 12.4. The zero-order valence-corrected chi connectivity index (χ0v) is 16.2. The van der Waals surface area contributed by atoms with Gasteiger partial charge in [0.2, 0.25) is 5.91 Å². The summed E-state index contributed by atoms with van der Waals surface area (Å²) in [6.45, 7) is 2.15. The van der Waals surface area contributed by atoms with Crippen LogP contribution in [0.5, 0.6) is 0 Å². The summed E-state index contributed by atoms with van der Waals surface area (Å²) in [6, 6.07) is 7.08. The summed E-state index contributed by atoms with van der Waals surface area (Å²) in [4.78, 5) is 28.3. The number of fused-ring (bicyclic) bond motifs is 1. The second-order valence-corrected chi connectivity index (χ2v) is 8.04. The standard InChI is InChI=1S/C20H27ClN2O3/c1-13(14-7-9-16(21)10-8-14)22(2)19(24)12-23-17-6-4-3-5-15(17)11-18(23)20(25)26/h7-10,13,15,17-18H,3-6,11-12H2,1-2H3,(H,25,26). The number of nitrogens with zero attached hydrogens (tertiary/aromatic N) is 2. The number of hydrogen-bond donors (Lipinski definition) is 1. The van der Waals surface area contributed by atoms with Crippen LogP contribution in [-0.2, 0) is 9.59 Å².